The number of hydrogen-bond donors (Lipinski definition) is 0. The molecule has 2 amide bonds. The first kappa shape index (κ1) is 18.4. The number of rotatable bonds is 2. The summed E-state index contributed by atoms with van der Waals surface area (Å²) in [7, 11) is 1.94. The number of nitrogens with zero attached hydrogens (tertiary/aromatic N) is 3. The third-order valence-corrected chi connectivity index (χ3v) is 7.24. The number of carbonyl (C=O) groups excluding carboxylic acids is 2. The lowest BCUT2D eigenvalue weighted by molar-refractivity contribution is -0.137. The van der Waals surface area contributed by atoms with Crippen LogP contribution in [0.3, 0.4) is 0 Å². The molecule has 1 aromatic carbocycles. The van der Waals surface area contributed by atoms with E-state index in [2.05, 4.69) is 18.2 Å². The van der Waals surface area contributed by atoms with Gasteiger partial charge in [0, 0.05) is 33.2 Å². The summed E-state index contributed by atoms with van der Waals surface area (Å²) in [6, 6.07) is 12.4. The number of aromatic nitrogens is 1. The average Bonchev–Trinajstić information content (AvgIpc) is 3.35. The minimum atomic E-state index is -0.0978. The highest BCUT2D eigenvalue weighted by atomic mass is 32.1. The number of amides is 2. The number of hydrogen-bond acceptors (Lipinski definition) is 3. The number of benzene rings is 1. The molecule has 1 fully saturated rings. The maximum atomic E-state index is 13.2. The average molecular weight is 408 g/mol. The van der Waals surface area contributed by atoms with E-state index in [-0.39, 0.29) is 17.7 Å². The molecule has 0 spiro atoms. The van der Waals surface area contributed by atoms with Crippen LogP contribution in [0.5, 0.6) is 0 Å². The molecule has 29 heavy (non-hydrogen) atoms. The fourth-order valence-corrected chi connectivity index (χ4v) is 5.57. The molecule has 5 rings (SSSR count). The summed E-state index contributed by atoms with van der Waals surface area (Å²) >= 11 is 1.65. The van der Waals surface area contributed by atoms with Crippen LogP contribution < -0.4 is 0 Å². The number of fused-ring (bicyclic) bond motifs is 2. The number of thiophene rings is 1. The topological polar surface area (TPSA) is 45.6 Å². The maximum Gasteiger partial charge on any atom is 0.270 e. The summed E-state index contributed by atoms with van der Waals surface area (Å²) in [5.41, 5.74) is 4.40. The lowest BCUT2D eigenvalue weighted by atomic mass is 9.93. The Labute approximate surface area is 174 Å². The minimum absolute atomic E-state index is 0.0392. The monoisotopic (exact) mass is 407 g/mol. The maximum absolute atomic E-state index is 13.2. The van der Waals surface area contributed by atoms with Gasteiger partial charge >= 0.3 is 0 Å². The van der Waals surface area contributed by atoms with Crippen molar-refractivity contribution in [2.24, 2.45) is 13.0 Å². The molecule has 0 aliphatic carbocycles. The fraction of sp³-hybridized carbons (Fsp3) is 0.391. The van der Waals surface area contributed by atoms with Gasteiger partial charge in [0.25, 0.3) is 5.91 Å². The Hall–Kier alpha value is -2.60. The molecule has 5 nitrogen and oxygen atoms in total. The SMILES string of the molecule is Cn1c(C(=O)N2CCCC(C(=O)N3CCc4ccccc4C3)C2)cc2sccc21. The van der Waals surface area contributed by atoms with E-state index in [0.29, 0.717) is 18.8 Å². The third-order valence-electron chi connectivity index (χ3n) is 6.38. The van der Waals surface area contributed by atoms with Gasteiger partial charge in [0.1, 0.15) is 5.69 Å². The Morgan fingerprint density at radius 3 is 2.72 bits per heavy atom. The molecule has 0 N–H and O–H groups in total. The highest BCUT2D eigenvalue weighted by Crippen LogP contribution is 2.28. The first-order chi connectivity index (χ1) is 14.1. The van der Waals surface area contributed by atoms with Crippen molar-refractivity contribution in [1.82, 2.24) is 14.4 Å². The predicted octanol–water partition coefficient (Wildman–Crippen LogP) is 3.68. The zero-order valence-electron chi connectivity index (χ0n) is 16.6. The minimum Gasteiger partial charge on any atom is -0.339 e. The van der Waals surface area contributed by atoms with E-state index >= 15 is 0 Å². The summed E-state index contributed by atoms with van der Waals surface area (Å²) in [4.78, 5) is 30.3. The fourth-order valence-electron chi connectivity index (χ4n) is 4.72. The first-order valence-corrected chi connectivity index (χ1v) is 11.2. The van der Waals surface area contributed by atoms with Crippen molar-refractivity contribution < 1.29 is 9.59 Å². The van der Waals surface area contributed by atoms with E-state index in [4.69, 9.17) is 0 Å². The highest BCUT2D eigenvalue weighted by Gasteiger charge is 2.33. The highest BCUT2D eigenvalue weighted by molar-refractivity contribution is 7.17. The van der Waals surface area contributed by atoms with Crippen molar-refractivity contribution in [3.8, 4) is 0 Å². The van der Waals surface area contributed by atoms with Gasteiger partial charge in [0.2, 0.25) is 5.91 Å². The standard InChI is InChI=1S/C23H25N3O2S/c1-24-19-9-12-29-21(19)13-20(24)23(28)25-10-4-7-18(15-25)22(27)26-11-8-16-5-2-3-6-17(16)14-26/h2-3,5-6,9,12-13,18H,4,7-8,10-11,14-15H2,1H3. The van der Waals surface area contributed by atoms with Gasteiger partial charge in [-0.05, 0) is 47.9 Å². The van der Waals surface area contributed by atoms with E-state index in [1.165, 1.54) is 11.1 Å². The number of likely N-dealkylation sites (tertiary alicyclic amines) is 1. The Morgan fingerprint density at radius 2 is 1.90 bits per heavy atom. The summed E-state index contributed by atoms with van der Waals surface area (Å²) < 4.78 is 3.11. The van der Waals surface area contributed by atoms with Crippen LogP contribution in [-0.2, 0) is 24.8 Å². The number of aryl methyl sites for hydroxylation is 1. The van der Waals surface area contributed by atoms with Gasteiger partial charge in [0.15, 0.2) is 0 Å². The van der Waals surface area contributed by atoms with Gasteiger partial charge in [-0.1, -0.05) is 24.3 Å². The Morgan fingerprint density at radius 1 is 1.07 bits per heavy atom. The van der Waals surface area contributed by atoms with Gasteiger partial charge in [-0.2, -0.15) is 0 Å². The van der Waals surface area contributed by atoms with E-state index in [1.807, 2.05) is 45.0 Å². The van der Waals surface area contributed by atoms with Crippen molar-refractivity contribution in [3.05, 3.63) is 58.6 Å². The summed E-state index contributed by atoms with van der Waals surface area (Å²) in [6.07, 6.45) is 2.66. The quantitative estimate of drug-likeness (QED) is 0.651. The van der Waals surface area contributed by atoms with Crippen LogP contribution >= 0.6 is 11.3 Å². The molecular weight excluding hydrogens is 382 g/mol. The van der Waals surface area contributed by atoms with Gasteiger partial charge in [-0.3, -0.25) is 9.59 Å². The van der Waals surface area contributed by atoms with Crippen LogP contribution in [0.25, 0.3) is 10.2 Å². The van der Waals surface area contributed by atoms with Gasteiger partial charge < -0.3 is 14.4 Å². The number of carbonyl (C=O) groups is 2. The van der Waals surface area contributed by atoms with Crippen LogP contribution in [0.1, 0.15) is 34.5 Å². The molecule has 1 saturated heterocycles. The third kappa shape index (κ3) is 3.25. The van der Waals surface area contributed by atoms with Crippen molar-refractivity contribution in [2.75, 3.05) is 19.6 Å². The molecule has 4 heterocycles. The molecule has 0 saturated carbocycles. The van der Waals surface area contributed by atoms with E-state index in [1.54, 1.807) is 11.3 Å². The summed E-state index contributed by atoms with van der Waals surface area (Å²) in [5, 5.41) is 2.05. The van der Waals surface area contributed by atoms with Crippen molar-refractivity contribution in [3.63, 3.8) is 0 Å². The molecule has 0 bridgehead atoms. The van der Waals surface area contributed by atoms with E-state index in [9.17, 15) is 9.59 Å². The largest absolute Gasteiger partial charge is 0.339 e. The molecular formula is C23H25N3O2S. The molecule has 2 aliphatic heterocycles. The van der Waals surface area contributed by atoms with E-state index in [0.717, 1.165) is 42.6 Å². The molecule has 0 radical (unpaired) electrons. The van der Waals surface area contributed by atoms with Crippen LogP contribution in [0.4, 0.5) is 0 Å². The van der Waals surface area contributed by atoms with Crippen LogP contribution in [-0.4, -0.2) is 45.8 Å². The van der Waals surface area contributed by atoms with Gasteiger partial charge in [-0.25, -0.2) is 0 Å². The van der Waals surface area contributed by atoms with Crippen molar-refractivity contribution in [1.29, 1.82) is 0 Å². The zero-order valence-corrected chi connectivity index (χ0v) is 17.5. The molecule has 150 valence electrons. The smallest absolute Gasteiger partial charge is 0.270 e. The first-order valence-electron chi connectivity index (χ1n) is 10.3. The lowest BCUT2D eigenvalue weighted by Crippen LogP contribution is -2.48. The predicted molar refractivity (Wildman–Crippen MR) is 115 cm³/mol. The second-order valence-electron chi connectivity index (χ2n) is 8.13. The Kier molecular flexibility index (Phi) is 4.66. The van der Waals surface area contributed by atoms with E-state index < -0.39 is 0 Å². The molecule has 1 unspecified atom stereocenters. The molecule has 2 aromatic heterocycles. The Bertz CT molecular complexity index is 1080. The number of piperidine rings is 1. The zero-order chi connectivity index (χ0) is 20.0. The van der Waals surface area contributed by atoms with Gasteiger partial charge in [-0.15, -0.1) is 11.3 Å². The molecule has 2 aliphatic rings. The van der Waals surface area contributed by atoms with Crippen LogP contribution in [0.15, 0.2) is 41.8 Å². The van der Waals surface area contributed by atoms with Gasteiger partial charge in [0.05, 0.1) is 16.1 Å². The summed E-state index contributed by atoms with van der Waals surface area (Å²) in [5.74, 6) is 0.140. The second kappa shape index (κ2) is 7.34. The van der Waals surface area contributed by atoms with Crippen LogP contribution in [0.2, 0.25) is 0 Å². The molecule has 1 atom stereocenters. The van der Waals surface area contributed by atoms with Crippen molar-refractivity contribution in [2.45, 2.75) is 25.8 Å². The lowest BCUT2D eigenvalue weighted by Gasteiger charge is -2.36. The second-order valence-corrected chi connectivity index (χ2v) is 9.08. The molecule has 3 aromatic rings. The summed E-state index contributed by atoms with van der Waals surface area (Å²) in [6.45, 7) is 2.71. The Balaban J connectivity index is 1.30. The normalized spacial score (nSPS) is 19.4. The van der Waals surface area contributed by atoms with Crippen LogP contribution in [0, 0.1) is 5.92 Å². The molecule has 6 heteroatoms. The van der Waals surface area contributed by atoms with Crippen molar-refractivity contribution >= 4 is 33.4 Å².